The van der Waals surface area contributed by atoms with E-state index < -0.39 is 5.97 Å². The highest BCUT2D eigenvalue weighted by atomic mass is 16.4. The van der Waals surface area contributed by atoms with E-state index in [1.54, 1.807) is 0 Å². The lowest BCUT2D eigenvalue weighted by Gasteiger charge is -2.43. The summed E-state index contributed by atoms with van der Waals surface area (Å²) in [5.41, 5.74) is -0.162. The van der Waals surface area contributed by atoms with Crippen LogP contribution in [-0.2, 0) is 4.79 Å². The summed E-state index contributed by atoms with van der Waals surface area (Å²) in [5, 5.41) is 9.18. The highest BCUT2D eigenvalue weighted by Crippen LogP contribution is 2.32. The van der Waals surface area contributed by atoms with Crippen LogP contribution in [0.15, 0.2) is 0 Å². The quantitative estimate of drug-likeness (QED) is 0.675. The number of aliphatic carboxylic acids is 1. The molecular formula is C14H29NO2. The second kappa shape index (κ2) is 7.70. The van der Waals surface area contributed by atoms with E-state index in [0.29, 0.717) is 5.92 Å². The van der Waals surface area contributed by atoms with Crippen LogP contribution in [0.3, 0.4) is 0 Å². The van der Waals surface area contributed by atoms with Crippen LogP contribution < -0.4 is 0 Å². The van der Waals surface area contributed by atoms with E-state index in [-0.39, 0.29) is 12.0 Å². The zero-order valence-electron chi connectivity index (χ0n) is 12.1. The molecule has 1 N–H and O–H groups in total. The number of carboxylic acid groups (broad SMARTS) is 1. The molecule has 17 heavy (non-hydrogen) atoms. The summed E-state index contributed by atoms with van der Waals surface area (Å²) in [6.07, 6.45) is 3.26. The van der Waals surface area contributed by atoms with Gasteiger partial charge in [0.1, 0.15) is 0 Å². The van der Waals surface area contributed by atoms with Gasteiger partial charge in [-0.1, -0.05) is 41.0 Å². The van der Waals surface area contributed by atoms with Gasteiger partial charge < -0.3 is 5.11 Å². The molecule has 0 spiro atoms. The van der Waals surface area contributed by atoms with Crippen LogP contribution >= 0.6 is 0 Å². The fourth-order valence-electron chi connectivity index (χ4n) is 2.77. The van der Waals surface area contributed by atoms with E-state index in [0.717, 1.165) is 32.4 Å². The molecule has 0 heterocycles. The summed E-state index contributed by atoms with van der Waals surface area (Å²) in [5.74, 6) is -0.100. The van der Waals surface area contributed by atoms with Gasteiger partial charge in [-0.3, -0.25) is 9.69 Å². The van der Waals surface area contributed by atoms with Crippen LogP contribution in [0.2, 0.25) is 0 Å². The van der Waals surface area contributed by atoms with E-state index in [9.17, 15) is 9.90 Å². The van der Waals surface area contributed by atoms with Crippen molar-refractivity contribution in [2.75, 3.05) is 13.1 Å². The molecular weight excluding hydrogens is 214 g/mol. The summed E-state index contributed by atoms with van der Waals surface area (Å²) in [6, 6.07) is 0. The first-order valence-corrected chi connectivity index (χ1v) is 6.92. The molecule has 0 aliphatic rings. The van der Waals surface area contributed by atoms with Gasteiger partial charge in [-0.25, -0.2) is 0 Å². The van der Waals surface area contributed by atoms with Crippen molar-refractivity contribution in [3.63, 3.8) is 0 Å². The van der Waals surface area contributed by atoms with Crippen molar-refractivity contribution in [3.8, 4) is 0 Å². The minimum absolute atomic E-state index is 0.162. The molecule has 2 unspecified atom stereocenters. The maximum Gasteiger partial charge on any atom is 0.305 e. The molecule has 0 radical (unpaired) electrons. The molecule has 0 aromatic heterocycles. The Kier molecular flexibility index (Phi) is 7.44. The molecule has 3 nitrogen and oxygen atoms in total. The number of rotatable bonds is 9. The van der Waals surface area contributed by atoms with Crippen LogP contribution in [0.1, 0.15) is 60.3 Å². The zero-order chi connectivity index (χ0) is 13.5. The number of hydrogen-bond donors (Lipinski definition) is 1. The van der Waals surface area contributed by atoms with Gasteiger partial charge in [0.15, 0.2) is 0 Å². The van der Waals surface area contributed by atoms with Crippen LogP contribution in [0.4, 0.5) is 0 Å². The van der Waals surface area contributed by atoms with Crippen LogP contribution in [0.5, 0.6) is 0 Å². The van der Waals surface area contributed by atoms with Crippen LogP contribution in [-0.4, -0.2) is 34.6 Å². The van der Waals surface area contributed by atoms with E-state index in [2.05, 4.69) is 39.5 Å². The van der Waals surface area contributed by atoms with Crippen molar-refractivity contribution in [2.24, 2.45) is 5.92 Å². The minimum Gasteiger partial charge on any atom is -0.481 e. The van der Waals surface area contributed by atoms with Crippen molar-refractivity contribution in [3.05, 3.63) is 0 Å². The fraction of sp³-hybridized carbons (Fsp3) is 0.929. The number of carboxylic acids is 1. The highest BCUT2D eigenvalue weighted by molar-refractivity contribution is 5.68. The Bertz CT molecular complexity index is 226. The van der Waals surface area contributed by atoms with Gasteiger partial charge in [0.2, 0.25) is 0 Å². The molecule has 0 aromatic carbocycles. The average Bonchev–Trinajstić information content (AvgIpc) is 2.29. The summed E-state index contributed by atoms with van der Waals surface area (Å²) < 4.78 is 0. The summed E-state index contributed by atoms with van der Waals surface area (Å²) in [4.78, 5) is 13.5. The Morgan fingerprint density at radius 2 is 1.76 bits per heavy atom. The third-order valence-corrected chi connectivity index (χ3v) is 4.00. The monoisotopic (exact) mass is 243 g/mol. The molecule has 0 amide bonds. The number of hydrogen-bond acceptors (Lipinski definition) is 2. The Labute approximate surface area is 106 Å². The van der Waals surface area contributed by atoms with Crippen LogP contribution in [0, 0.1) is 5.92 Å². The molecule has 0 aliphatic heterocycles. The van der Waals surface area contributed by atoms with E-state index in [1.165, 1.54) is 0 Å². The lowest BCUT2D eigenvalue weighted by atomic mass is 9.80. The Morgan fingerprint density at radius 3 is 2.06 bits per heavy atom. The minimum atomic E-state index is -0.679. The summed E-state index contributed by atoms with van der Waals surface area (Å²) in [7, 11) is 0. The van der Waals surface area contributed by atoms with Gasteiger partial charge in [0, 0.05) is 5.54 Å². The summed E-state index contributed by atoms with van der Waals surface area (Å²) >= 11 is 0. The SMILES string of the molecule is CCC(C)CC(CC)(CC(=O)O)N(CC)CC. The molecule has 0 aromatic rings. The lowest BCUT2D eigenvalue weighted by Crippen LogP contribution is -2.50. The summed E-state index contributed by atoms with van der Waals surface area (Å²) in [6.45, 7) is 12.6. The Morgan fingerprint density at radius 1 is 1.24 bits per heavy atom. The van der Waals surface area contributed by atoms with E-state index >= 15 is 0 Å². The highest BCUT2D eigenvalue weighted by Gasteiger charge is 2.36. The molecule has 0 aliphatic carbocycles. The van der Waals surface area contributed by atoms with Gasteiger partial charge in [-0.15, -0.1) is 0 Å². The molecule has 0 bridgehead atoms. The number of nitrogens with zero attached hydrogens (tertiary/aromatic N) is 1. The van der Waals surface area contributed by atoms with Gasteiger partial charge in [-0.2, -0.15) is 0 Å². The van der Waals surface area contributed by atoms with Crippen molar-refractivity contribution < 1.29 is 9.90 Å². The maximum absolute atomic E-state index is 11.2. The average molecular weight is 243 g/mol. The normalized spacial score (nSPS) is 16.8. The predicted octanol–water partition coefficient (Wildman–Crippen LogP) is 3.39. The first-order chi connectivity index (χ1) is 7.95. The molecule has 0 fully saturated rings. The first-order valence-electron chi connectivity index (χ1n) is 6.92. The second-order valence-electron chi connectivity index (χ2n) is 5.04. The topological polar surface area (TPSA) is 40.5 Å². The smallest absolute Gasteiger partial charge is 0.305 e. The van der Waals surface area contributed by atoms with Gasteiger partial charge in [-0.05, 0) is 31.8 Å². The standard InChI is InChI=1S/C14H29NO2/c1-6-12(5)10-14(7-2,11-13(16)17)15(8-3)9-4/h12H,6-11H2,1-5H3,(H,16,17). The van der Waals surface area contributed by atoms with Crippen LogP contribution in [0.25, 0.3) is 0 Å². The first kappa shape index (κ1) is 16.4. The van der Waals surface area contributed by atoms with Gasteiger partial charge in [0.05, 0.1) is 6.42 Å². The molecule has 0 rings (SSSR count). The van der Waals surface area contributed by atoms with Gasteiger partial charge in [0.25, 0.3) is 0 Å². The molecule has 0 saturated heterocycles. The van der Waals surface area contributed by atoms with E-state index in [1.807, 2.05) is 0 Å². The number of carbonyl (C=O) groups is 1. The second-order valence-corrected chi connectivity index (χ2v) is 5.04. The molecule has 3 heteroatoms. The molecule has 0 saturated carbocycles. The third kappa shape index (κ3) is 4.66. The predicted molar refractivity (Wildman–Crippen MR) is 72.3 cm³/mol. The molecule has 2 atom stereocenters. The van der Waals surface area contributed by atoms with Crippen molar-refractivity contribution in [2.45, 2.75) is 65.8 Å². The van der Waals surface area contributed by atoms with E-state index in [4.69, 9.17) is 0 Å². The third-order valence-electron chi connectivity index (χ3n) is 4.00. The molecule has 102 valence electrons. The maximum atomic E-state index is 11.2. The largest absolute Gasteiger partial charge is 0.481 e. The van der Waals surface area contributed by atoms with Crippen molar-refractivity contribution in [1.29, 1.82) is 0 Å². The Hall–Kier alpha value is -0.570. The zero-order valence-corrected chi connectivity index (χ0v) is 12.1. The fourth-order valence-corrected chi connectivity index (χ4v) is 2.77. The van der Waals surface area contributed by atoms with Gasteiger partial charge >= 0.3 is 5.97 Å². The Balaban J connectivity index is 5.04. The van der Waals surface area contributed by atoms with Crippen molar-refractivity contribution >= 4 is 5.97 Å². The van der Waals surface area contributed by atoms with Crippen molar-refractivity contribution in [1.82, 2.24) is 4.90 Å². The lowest BCUT2D eigenvalue weighted by molar-refractivity contribution is -0.141.